The van der Waals surface area contributed by atoms with Gasteiger partial charge in [0.05, 0.1) is 7.11 Å². The summed E-state index contributed by atoms with van der Waals surface area (Å²) in [6.07, 6.45) is 0.775. The van der Waals surface area contributed by atoms with E-state index in [4.69, 9.17) is 9.84 Å². The smallest absolute Gasteiger partial charge is 0.118 e. The van der Waals surface area contributed by atoms with Gasteiger partial charge in [0.2, 0.25) is 0 Å². The molecule has 0 unspecified atom stereocenters. The van der Waals surface area contributed by atoms with Gasteiger partial charge in [-0.3, -0.25) is 0 Å². The summed E-state index contributed by atoms with van der Waals surface area (Å²) in [6.45, 7) is 3.18. The number of benzene rings is 2. The van der Waals surface area contributed by atoms with Crippen molar-refractivity contribution in [3.8, 4) is 16.9 Å². The van der Waals surface area contributed by atoms with Crippen molar-refractivity contribution in [2.75, 3.05) is 13.7 Å². The molecule has 1 aromatic heterocycles. The minimum Gasteiger partial charge on any atom is -0.497 e. The zero-order chi connectivity index (χ0) is 15.5. The molecule has 2 aromatic carbocycles. The number of hydrogen-bond donors (Lipinski definition) is 1. The lowest BCUT2D eigenvalue weighted by atomic mass is 10.0. The third kappa shape index (κ3) is 2.72. The molecule has 3 aromatic rings. The van der Waals surface area contributed by atoms with Gasteiger partial charge in [-0.15, -0.1) is 0 Å². The Labute approximate surface area is 130 Å². The average molecular weight is 295 g/mol. The van der Waals surface area contributed by atoms with E-state index in [-0.39, 0.29) is 6.61 Å². The van der Waals surface area contributed by atoms with Crippen LogP contribution in [0.2, 0.25) is 0 Å². The summed E-state index contributed by atoms with van der Waals surface area (Å²) in [4.78, 5) is 0. The molecule has 1 N–H and O–H groups in total. The molecule has 22 heavy (non-hydrogen) atoms. The van der Waals surface area contributed by atoms with E-state index < -0.39 is 0 Å². The van der Waals surface area contributed by atoms with Crippen LogP contribution in [0, 0.1) is 6.92 Å². The Hall–Kier alpha value is -2.26. The average Bonchev–Trinajstić information content (AvgIpc) is 2.87. The number of fused-ring (bicyclic) bond motifs is 1. The van der Waals surface area contributed by atoms with Crippen molar-refractivity contribution in [1.29, 1.82) is 0 Å². The molecule has 0 atom stereocenters. The Morgan fingerprint density at radius 2 is 1.73 bits per heavy atom. The Morgan fingerprint density at radius 1 is 1.00 bits per heavy atom. The van der Waals surface area contributed by atoms with Crippen LogP contribution in [0.1, 0.15) is 12.1 Å². The highest BCUT2D eigenvalue weighted by Crippen LogP contribution is 2.28. The van der Waals surface area contributed by atoms with Gasteiger partial charge in [-0.1, -0.05) is 24.3 Å². The number of ether oxygens (including phenoxy) is 1. The molecule has 0 bridgehead atoms. The number of rotatable bonds is 5. The van der Waals surface area contributed by atoms with Crippen molar-refractivity contribution in [1.82, 2.24) is 4.57 Å². The van der Waals surface area contributed by atoms with Gasteiger partial charge in [-0.05, 0) is 54.1 Å². The van der Waals surface area contributed by atoms with E-state index in [2.05, 4.69) is 47.9 Å². The van der Waals surface area contributed by atoms with Crippen LogP contribution in [0.25, 0.3) is 22.0 Å². The van der Waals surface area contributed by atoms with Crippen LogP contribution in [-0.4, -0.2) is 23.4 Å². The summed E-state index contributed by atoms with van der Waals surface area (Å²) in [7, 11) is 1.68. The lowest BCUT2D eigenvalue weighted by Gasteiger charge is -2.09. The monoisotopic (exact) mass is 295 g/mol. The van der Waals surface area contributed by atoms with Crippen LogP contribution in [0.3, 0.4) is 0 Å². The first-order valence-electron chi connectivity index (χ1n) is 7.58. The van der Waals surface area contributed by atoms with Crippen LogP contribution in [0.15, 0.2) is 48.5 Å². The lowest BCUT2D eigenvalue weighted by Crippen LogP contribution is -2.01. The lowest BCUT2D eigenvalue weighted by molar-refractivity contribution is 0.280. The molecule has 0 saturated carbocycles. The maximum Gasteiger partial charge on any atom is 0.118 e. The molecule has 3 nitrogen and oxygen atoms in total. The molecule has 0 fully saturated rings. The van der Waals surface area contributed by atoms with Crippen molar-refractivity contribution >= 4 is 10.9 Å². The molecule has 0 aliphatic carbocycles. The third-order valence-electron chi connectivity index (χ3n) is 4.07. The zero-order valence-electron chi connectivity index (χ0n) is 13.0. The van der Waals surface area contributed by atoms with E-state index in [9.17, 15) is 0 Å². The standard InChI is InChI=1S/C19H21NO2/c1-14-12-17-5-4-16(13-19(17)20(14)10-3-11-21)15-6-8-18(22-2)9-7-15/h4-9,12-13,21H,3,10-11H2,1-2H3. The van der Waals surface area contributed by atoms with Crippen molar-refractivity contribution in [3.63, 3.8) is 0 Å². The minimum atomic E-state index is 0.220. The first-order chi connectivity index (χ1) is 10.7. The third-order valence-corrected chi connectivity index (χ3v) is 4.07. The fourth-order valence-corrected chi connectivity index (χ4v) is 2.88. The molecule has 0 radical (unpaired) electrons. The summed E-state index contributed by atoms with van der Waals surface area (Å²) >= 11 is 0. The molecule has 0 saturated heterocycles. The summed E-state index contributed by atoms with van der Waals surface area (Å²) in [5, 5.41) is 10.3. The SMILES string of the molecule is COc1ccc(-c2ccc3cc(C)n(CCCO)c3c2)cc1. The van der Waals surface area contributed by atoms with Gasteiger partial charge < -0.3 is 14.4 Å². The number of methoxy groups -OCH3 is 1. The first-order valence-corrected chi connectivity index (χ1v) is 7.58. The number of aliphatic hydroxyl groups is 1. The van der Waals surface area contributed by atoms with Crippen LogP contribution < -0.4 is 4.74 Å². The van der Waals surface area contributed by atoms with Crippen LogP contribution in [0.4, 0.5) is 0 Å². The number of aromatic nitrogens is 1. The number of nitrogens with zero attached hydrogens (tertiary/aromatic N) is 1. The highest BCUT2D eigenvalue weighted by Gasteiger charge is 2.07. The van der Waals surface area contributed by atoms with Crippen LogP contribution >= 0.6 is 0 Å². The predicted molar refractivity (Wildman–Crippen MR) is 90.4 cm³/mol. The quantitative estimate of drug-likeness (QED) is 0.772. The molecule has 1 heterocycles. The zero-order valence-corrected chi connectivity index (χ0v) is 13.0. The Bertz CT molecular complexity index is 772. The normalized spacial score (nSPS) is 11.0. The van der Waals surface area contributed by atoms with E-state index in [1.54, 1.807) is 7.11 Å². The van der Waals surface area contributed by atoms with Gasteiger partial charge in [0.15, 0.2) is 0 Å². The summed E-state index contributed by atoms with van der Waals surface area (Å²) in [5.41, 5.74) is 4.82. The van der Waals surface area contributed by atoms with E-state index in [1.807, 2.05) is 12.1 Å². The van der Waals surface area contributed by atoms with E-state index in [0.717, 1.165) is 18.7 Å². The second kappa shape index (κ2) is 6.24. The second-order valence-electron chi connectivity index (χ2n) is 5.52. The fourth-order valence-electron chi connectivity index (χ4n) is 2.88. The van der Waals surface area contributed by atoms with Gasteiger partial charge in [-0.2, -0.15) is 0 Å². The topological polar surface area (TPSA) is 34.4 Å². The first kappa shape index (κ1) is 14.7. The fraction of sp³-hybridized carbons (Fsp3) is 0.263. The summed E-state index contributed by atoms with van der Waals surface area (Å²) in [6, 6.07) is 16.9. The molecular weight excluding hydrogens is 274 g/mol. The Kier molecular flexibility index (Phi) is 4.16. The van der Waals surface area contributed by atoms with Crippen molar-refractivity contribution in [3.05, 3.63) is 54.2 Å². The Morgan fingerprint density at radius 3 is 2.41 bits per heavy atom. The van der Waals surface area contributed by atoms with Gasteiger partial charge in [0, 0.05) is 24.4 Å². The van der Waals surface area contributed by atoms with Gasteiger partial charge >= 0.3 is 0 Å². The summed E-state index contributed by atoms with van der Waals surface area (Å²) in [5.74, 6) is 0.868. The second-order valence-corrected chi connectivity index (χ2v) is 5.52. The van der Waals surface area contributed by atoms with Gasteiger partial charge in [-0.25, -0.2) is 0 Å². The van der Waals surface area contributed by atoms with Crippen LogP contribution in [-0.2, 0) is 6.54 Å². The number of aryl methyl sites for hydroxylation is 2. The van der Waals surface area contributed by atoms with E-state index in [1.165, 1.54) is 27.7 Å². The van der Waals surface area contributed by atoms with Crippen molar-refractivity contribution in [2.45, 2.75) is 19.9 Å². The minimum absolute atomic E-state index is 0.220. The largest absolute Gasteiger partial charge is 0.497 e. The molecule has 114 valence electrons. The molecule has 3 heteroatoms. The highest BCUT2D eigenvalue weighted by atomic mass is 16.5. The van der Waals surface area contributed by atoms with Crippen molar-refractivity contribution < 1.29 is 9.84 Å². The van der Waals surface area contributed by atoms with Crippen molar-refractivity contribution in [2.24, 2.45) is 0 Å². The maximum absolute atomic E-state index is 9.08. The summed E-state index contributed by atoms with van der Waals surface area (Å²) < 4.78 is 7.49. The highest BCUT2D eigenvalue weighted by molar-refractivity contribution is 5.86. The maximum atomic E-state index is 9.08. The molecule has 0 amide bonds. The molecule has 0 aliphatic rings. The van der Waals surface area contributed by atoms with Gasteiger partial charge in [0.25, 0.3) is 0 Å². The molecular formula is C19H21NO2. The van der Waals surface area contributed by atoms with E-state index in [0.29, 0.717) is 0 Å². The molecule has 3 rings (SSSR count). The van der Waals surface area contributed by atoms with E-state index >= 15 is 0 Å². The van der Waals surface area contributed by atoms with Gasteiger partial charge in [0.1, 0.15) is 5.75 Å². The molecule has 0 spiro atoms. The number of aliphatic hydroxyl groups excluding tert-OH is 1. The Balaban J connectivity index is 2.03. The predicted octanol–water partition coefficient (Wildman–Crippen LogP) is 4.01. The number of hydrogen-bond acceptors (Lipinski definition) is 2. The van der Waals surface area contributed by atoms with Crippen LogP contribution in [0.5, 0.6) is 5.75 Å². The molecule has 0 aliphatic heterocycles.